The molecule has 1 unspecified atom stereocenters. The quantitative estimate of drug-likeness (QED) is 0.610. The first-order chi connectivity index (χ1) is 6.52. The molecule has 1 aliphatic carbocycles. The van der Waals surface area contributed by atoms with Crippen molar-refractivity contribution in [1.82, 2.24) is 10.2 Å². The zero-order valence-electron chi connectivity index (χ0n) is 8.49. The molecule has 1 amide bonds. The second kappa shape index (κ2) is 4.41. The van der Waals surface area contributed by atoms with Crippen molar-refractivity contribution in [1.29, 1.82) is 0 Å². The molecular weight excluding hydrogens is 184 g/mol. The van der Waals surface area contributed by atoms with Gasteiger partial charge in [-0.3, -0.25) is 9.69 Å². The van der Waals surface area contributed by atoms with Gasteiger partial charge in [-0.1, -0.05) is 0 Å². The predicted octanol–water partition coefficient (Wildman–Crippen LogP) is -0.330. The number of likely N-dealkylation sites (N-methyl/N-ethyl adjacent to an activating group) is 1. The molecule has 0 saturated heterocycles. The molecule has 1 aliphatic rings. The molecular formula is C9H16N2O3. The van der Waals surface area contributed by atoms with E-state index in [2.05, 4.69) is 10.2 Å². The summed E-state index contributed by atoms with van der Waals surface area (Å²) in [5.74, 6) is -2.35. The Labute approximate surface area is 83.1 Å². The number of carbonyl (C=O) groups is 2. The van der Waals surface area contributed by atoms with Crippen LogP contribution >= 0.6 is 0 Å². The highest BCUT2D eigenvalue weighted by Crippen LogP contribution is 2.26. The predicted molar refractivity (Wildman–Crippen MR) is 50.9 cm³/mol. The first-order valence-corrected chi connectivity index (χ1v) is 4.75. The number of carboxylic acid groups (broad SMARTS) is 1. The summed E-state index contributed by atoms with van der Waals surface area (Å²) < 4.78 is 0. The van der Waals surface area contributed by atoms with Gasteiger partial charge in [-0.2, -0.15) is 0 Å². The van der Waals surface area contributed by atoms with Gasteiger partial charge in [0.25, 0.3) is 0 Å². The van der Waals surface area contributed by atoms with Gasteiger partial charge in [-0.15, -0.1) is 0 Å². The second-order valence-corrected chi connectivity index (χ2v) is 3.76. The van der Waals surface area contributed by atoms with Crippen LogP contribution in [0.5, 0.6) is 0 Å². The Hall–Kier alpha value is -1.10. The lowest BCUT2D eigenvalue weighted by Gasteiger charge is -2.24. The van der Waals surface area contributed by atoms with Gasteiger partial charge in [0.15, 0.2) is 0 Å². The Bertz CT molecular complexity index is 238. The maximum atomic E-state index is 10.7. The van der Waals surface area contributed by atoms with Crippen molar-refractivity contribution in [3.63, 3.8) is 0 Å². The van der Waals surface area contributed by atoms with E-state index in [1.807, 2.05) is 14.0 Å². The molecule has 0 aromatic heterocycles. The SMILES string of the molecule is CC(CNC(=O)C(=O)O)N(C)C1CC1. The summed E-state index contributed by atoms with van der Waals surface area (Å²) in [5, 5.41) is 10.7. The van der Waals surface area contributed by atoms with Gasteiger partial charge in [0, 0.05) is 18.6 Å². The summed E-state index contributed by atoms with van der Waals surface area (Å²) in [4.78, 5) is 23.1. The van der Waals surface area contributed by atoms with Gasteiger partial charge < -0.3 is 10.4 Å². The molecule has 2 N–H and O–H groups in total. The summed E-state index contributed by atoms with van der Waals surface area (Å²) in [6.07, 6.45) is 2.40. The van der Waals surface area contributed by atoms with E-state index in [0.717, 1.165) is 0 Å². The summed E-state index contributed by atoms with van der Waals surface area (Å²) >= 11 is 0. The van der Waals surface area contributed by atoms with Gasteiger partial charge >= 0.3 is 11.9 Å². The van der Waals surface area contributed by atoms with E-state index in [4.69, 9.17) is 5.11 Å². The van der Waals surface area contributed by atoms with Crippen molar-refractivity contribution in [2.45, 2.75) is 31.8 Å². The number of carboxylic acids is 1. The maximum Gasteiger partial charge on any atom is 0.394 e. The largest absolute Gasteiger partial charge is 0.474 e. The number of nitrogens with one attached hydrogen (secondary N) is 1. The Morgan fingerprint density at radius 1 is 1.57 bits per heavy atom. The zero-order valence-corrected chi connectivity index (χ0v) is 8.49. The highest BCUT2D eigenvalue weighted by atomic mass is 16.4. The lowest BCUT2D eigenvalue weighted by Crippen LogP contribution is -2.43. The lowest BCUT2D eigenvalue weighted by atomic mass is 10.3. The minimum absolute atomic E-state index is 0.186. The molecule has 1 saturated carbocycles. The molecule has 1 fully saturated rings. The zero-order chi connectivity index (χ0) is 10.7. The number of hydrogen-bond acceptors (Lipinski definition) is 3. The van der Waals surface area contributed by atoms with Crippen molar-refractivity contribution in [3.05, 3.63) is 0 Å². The van der Waals surface area contributed by atoms with E-state index in [-0.39, 0.29) is 6.04 Å². The van der Waals surface area contributed by atoms with Gasteiger partial charge in [0.2, 0.25) is 0 Å². The van der Waals surface area contributed by atoms with E-state index in [0.29, 0.717) is 12.6 Å². The van der Waals surface area contributed by atoms with Gasteiger partial charge in [-0.05, 0) is 26.8 Å². The summed E-state index contributed by atoms with van der Waals surface area (Å²) in [5.41, 5.74) is 0. The number of aliphatic carboxylic acids is 1. The minimum atomic E-state index is -1.42. The molecule has 5 heteroatoms. The van der Waals surface area contributed by atoms with Crippen LogP contribution in [0.4, 0.5) is 0 Å². The fourth-order valence-electron chi connectivity index (χ4n) is 1.30. The fraction of sp³-hybridized carbons (Fsp3) is 0.778. The Morgan fingerprint density at radius 3 is 2.57 bits per heavy atom. The molecule has 0 heterocycles. The number of nitrogens with zero attached hydrogens (tertiary/aromatic N) is 1. The smallest absolute Gasteiger partial charge is 0.394 e. The fourth-order valence-corrected chi connectivity index (χ4v) is 1.30. The van der Waals surface area contributed by atoms with Crippen LogP contribution in [0.1, 0.15) is 19.8 Å². The molecule has 1 rings (SSSR count). The summed E-state index contributed by atoms with van der Waals surface area (Å²) in [6.45, 7) is 2.36. The molecule has 0 bridgehead atoms. The third kappa shape index (κ3) is 2.99. The van der Waals surface area contributed by atoms with Crippen molar-refractivity contribution in [2.24, 2.45) is 0 Å². The van der Waals surface area contributed by atoms with Crippen LogP contribution in [-0.4, -0.2) is 47.6 Å². The average Bonchev–Trinajstić information content (AvgIpc) is 2.95. The van der Waals surface area contributed by atoms with E-state index < -0.39 is 11.9 Å². The Morgan fingerprint density at radius 2 is 2.14 bits per heavy atom. The van der Waals surface area contributed by atoms with E-state index in [1.165, 1.54) is 12.8 Å². The maximum absolute atomic E-state index is 10.7. The first kappa shape index (κ1) is 11.0. The topological polar surface area (TPSA) is 69.6 Å². The molecule has 5 nitrogen and oxygen atoms in total. The van der Waals surface area contributed by atoms with Crippen LogP contribution in [0.3, 0.4) is 0 Å². The van der Waals surface area contributed by atoms with E-state index in [1.54, 1.807) is 0 Å². The van der Waals surface area contributed by atoms with Crippen molar-refractivity contribution >= 4 is 11.9 Å². The van der Waals surface area contributed by atoms with Crippen LogP contribution in [0, 0.1) is 0 Å². The average molecular weight is 200 g/mol. The summed E-state index contributed by atoms with van der Waals surface area (Å²) in [6, 6.07) is 0.803. The highest BCUT2D eigenvalue weighted by molar-refractivity contribution is 6.31. The summed E-state index contributed by atoms with van der Waals surface area (Å²) in [7, 11) is 2.00. The molecule has 1 atom stereocenters. The van der Waals surface area contributed by atoms with Crippen LogP contribution in [-0.2, 0) is 9.59 Å². The molecule has 0 aromatic carbocycles. The van der Waals surface area contributed by atoms with Crippen LogP contribution in [0.25, 0.3) is 0 Å². The number of amides is 1. The third-order valence-corrected chi connectivity index (χ3v) is 2.57. The molecule has 0 radical (unpaired) electrons. The molecule has 14 heavy (non-hydrogen) atoms. The van der Waals surface area contributed by atoms with Gasteiger partial charge in [0.1, 0.15) is 0 Å². The lowest BCUT2D eigenvalue weighted by molar-refractivity contribution is -0.150. The van der Waals surface area contributed by atoms with Crippen molar-refractivity contribution in [2.75, 3.05) is 13.6 Å². The first-order valence-electron chi connectivity index (χ1n) is 4.75. The normalized spacial score (nSPS) is 17.9. The van der Waals surface area contributed by atoms with Gasteiger partial charge in [-0.25, -0.2) is 4.79 Å². The van der Waals surface area contributed by atoms with Gasteiger partial charge in [0.05, 0.1) is 0 Å². The monoisotopic (exact) mass is 200 g/mol. The van der Waals surface area contributed by atoms with Crippen LogP contribution in [0.2, 0.25) is 0 Å². The van der Waals surface area contributed by atoms with Crippen molar-refractivity contribution < 1.29 is 14.7 Å². The second-order valence-electron chi connectivity index (χ2n) is 3.76. The standard InChI is InChI=1S/C9H16N2O3/c1-6(11(2)7-3-4-7)5-10-8(12)9(13)14/h6-7H,3-5H2,1-2H3,(H,10,12)(H,13,14). The Kier molecular flexibility index (Phi) is 3.46. The number of rotatable bonds is 4. The van der Waals surface area contributed by atoms with E-state index in [9.17, 15) is 9.59 Å². The molecule has 80 valence electrons. The molecule has 0 aliphatic heterocycles. The van der Waals surface area contributed by atoms with Crippen molar-refractivity contribution in [3.8, 4) is 0 Å². The third-order valence-electron chi connectivity index (χ3n) is 2.57. The van der Waals surface area contributed by atoms with Crippen LogP contribution < -0.4 is 5.32 Å². The Balaban J connectivity index is 2.22. The molecule has 0 aromatic rings. The number of hydrogen-bond donors (Lipinski definition) is 2. The highest BCUT2D eigenvalue weighted by Gasteiger charge is 2.29. The number of carbonyl (C=O) groups excluding carboxylic acids is 1. The minimum Gasteiger partial charge on any atom is -0.474 e. The molecule has 0 spiro atoms. The van der Waals surface area contributed by atoms with Crippen LogP contribution in [0.15, 0.2) is 0 Å². The van der Waals surface area contributed by atoms with E-state index >= 15 is 0 Å².